The first kappa shape index (κ1) is 25.0. The summed E-state index contributed by atoms with van der Waals surface area (Å²) in [5.74, 6) is 0. The summed E-state index contributed by atoms with van der Waals surface area (Å²) in [4.78, 5) is 2.63. The third-order valence-electron chi connectivity index (χ3n) is 5.73. The van der Waals surface area contributed by atoms with Crippen molar-refractivity contribution in [3.63, 3.8) is 0 Å². The molecule has 0 rings (SSSR count). The molecule has 0 radical (unpaired) electrons. The van der Waals surface area contributed by atoms with E-state index in [0.717, 1.165) is 6.04 Å². The minimum atomic E-state index is 0.842. The fourth-order valence-corrected chi connectivity index (χ4v) is 3.97. The molecule has 0 aromatic rings. The number of rotatable bonds is 20. The third kappa shape index (κ3) is 17.1. The van der Waals surface area contributed by atoms with E-state index < -0.39 is 0 Å². The molecule has 0 saturated carbocycles. The molecule has 25 heavy (non-hydrogen) atoms. The van der Waals surface area contributed by atoms with E-state index >= 15 is 0 Å². The van der Waals surface area contributed by atoms with Crippen molar-refractivity contribution < 1.29 is 0 Å². The van der Waals surface area contributed by atoms with Crippen LogP contribution in [0.3, 0.4) is 0 Å². The fraction of sp³-hybridized carbons (Fsp3) is 1.00. The maximum absolute atomic E-state index is 2.63. The molecule has 0 saturated heterocycles. The van der Waals surface area contributed by atoms with Gasteiger partial charge in [0, 0.05) is 6.04 Å². The van der Waals surface area contributed by atoms with E-state index in [1.54, 1.807) is 0 Å². The summed E-state index contributed by atoms with van der Waals surface area (Å²) in [6.45, 7) is 8.20. The van der Waals surface area contributed by atoms with Crippen molar-refractivity contribution in [2.24, 2.45) is 0 Å². The lowest BCUT2D eigenvalue weighted by Crippen LogP contribution is -2.32. The number of hydrogen-bond acceptors (Lipinski definition) is 1. The smallest absolute Gasteiger partial charge is 0.00922 e. The highest BCUT2D eigenvalue weighted by molar-refractivity contribution is 4.69. The molecule has 1 atom stereocenters. The Morgan fingerprint density at radius 2 is 0.840 bits per heavy atom. The Kier molecular flexibility index (Phi) is 20.2. The topological polar surface area (TPSA) is 3.24 Å². The molecular formula is C24H51N. The van der Waals surface area contributed by atoms with Crippen molar-refractivity contribution in [3.8, 4) is 0 Å². The van der Waals surface area contributed by atoms with Crippen LogP contribution in [0.5, 0.6) is 0 Å². The molecule has 0 N–H and O–H groups in total. The molecule has 0 aliphatic carbocycles. The second-order valence-electron chi connectivity index (χ2n) is 8.31. The lowest BCUT2D eigenvalue weighted by atomic mass is 9.99. The highest BCUT2D eigenvalue weighted by atomic mass is 15.1. The van der Waals surface area contributed by atoms with Gasteiger partial charge in [0.15, 0.2) is 0 Å². The Bertz CT molecular complexity index is 238. The van der Waals surface area contributed by atoms with Gasteiger partial charge in [-0.3, -0.25) is 0 Å². The molecular weight excluding hydrogens is 302 g/mol. The van der Waals surface area contributed by atoms with Crippen molar-refractivity contribution in [2.75, 3.05) is 13.6 Å². The predicted molar refractivity (Wildman–Crippen MR) is 117 cm³/mol. The minimum Gasteiger partial charge on any atom is -0.303 e. The lowest BCUT2D eigenvalue weighted by Gasteiger charge is -2.28. The van der Waals surface area contributed by atoms with Crippen molar-refractivity contribution in [1.82, 2.24) is 4.90 Å². The van der Waals surface area contributed by atoms with Gasteiger partial charge in [-0.1, -0.05) is 117 Å². The Hall–Kier alpha value is -0.0400. The zero-order chi connectivity index (χ0) is 18.6. The van der Waals surface area contributed by atoms with Crippen LogP contribution in [0, 0.1) is 0 Å². The summed E-state index contributed by atoms with van der Waals surface area (Å²) in [5, 5.41) is 0. The van der Waals surface area contributed by atoms with Crippen LogP contribution in [0.4, 0.5) is 0 Å². The summed E-state index contributed by atoms with van der Waals surface area (Å²) in [7, 11) is 2.35. The van der Waals surface area contributed by atoms with E-state index in [2.05, 4.69) is 32.7 Å². The molecule has 0 aromatic carbocycles. The van der Waals surface area contributed by atoms with Gasteiger partial charge in [0.2, 0.25) is 0 Å². The largest absolute Gasteiger partial charge is 0.303 e. The molecule has 1 heteroatoms. The SMILES string of the molecule is CCCCCCCCCCCCCCC(CCCCC)N(C)CCC. The van der Waals surface area contributed by atoms with Crippen LogP contribution in [0.1, 0.15) is 136 Å². The van der Waals surface area contributed by atoms with E-state index in [9.17, 15) is 0 Å². The van der Waals surface area contributed by atoms with Gasteiger partial charge in [-0.05, 0) is 32.9 Å². The van der Waals surface area contributed by atoms with Gasteiger partial charge in [-0.25, -0.2) is 0 Å². The van der Waals surface area contributed by atoms with Crippen LogP contribution in [0.2, 0.25) is 0 Å². The third-order valence-corrected chi connectivity index (χ3v) is 5.73. The second kappa shape index (κ2) is 20.3. The van der Waals surface area contributed by atoms with E-state index in [1.165, 1.54) is 122 Å². The van der Waals surface area contributed by atoms with Gasteiger partial charge >= 0.3 is 0 Å². The molecule has 0 fully saturated rings. The van der Waals surface area contributed by atoms with Crippen LogP contribution in [-0.2, 0) is 0 Å². The monoisotopic (exact) mass is 353 g/mol. The Labute approximate surface area is 161 Å². The lowest BCUT2D eigenvalue weighted by molar-refractivity contribution is 0.210. The molecule has 1 nitrogen and oxygen atoms in total. The Morgan fingerprint density at radius 3 is 1.28 bits per heavy atom. The molecule has 0 heterocycles. The van der Waals surface area contributed by atoms with Crippen LogP contribution in [-0.4, -0.2) is 24.5 Å². The molecule has 152 valence electrons. The van der Waals surface area contributed by atoms with Gasteiger partial charge in [0.25, 0.3) is 0 Å². The van der Waals surface area contributed by atoms with Gasteiger partial charge < -0.3 is 4.90 Å². The van der Waals surface area contributed by atoms with Gasteiger partial charge in [0.1, 0.15) is 0 Å². The van der Waals surface area contributed by atoms with Crippen LogP contribution < -0.4 is 0 Å². The van der Waals surface area contributed by atoms with Crippen LogP contribution >= 0.6 is 0 Å². The molecule has 1 unspecified atom stereocenters. The fourth-order valence-electron chi connectivity index (χ4n) is 3.97. The zero-order valence-electron chi connectivity index (χ0n) is 18.5. The average Bonchev–Trinajstić information content (AvgIpc) is 2.61. The maximum Gasteiger partial charge on any atom is 0.00922 e. The first-order chi connectivity index (χ1) is 12.3. The molecule has 0 aromatic heterocycles. The maximum atomic E-state index is 2.63. The van der Waals surface area contributed by atoms with Gasteiger partial charge in [-0.2, -0.15) is 0 Å². The first-order valence-corrected chi connectivity index (χ1v) is 12.0. The van der Waals surface area contributed by atoms with Crippen molar-refractivity contribution in [3.05, 3.63) is 0 Å². The molecule has 0 spiro atoms. The molecule has 0 amide bonds. The Morgan fingerprint density at radius 1 is 0.480 bits per heavy atom. The van der Waals surface area contributed by atoms with Crippen molar-refractivity contribution in [2.45, 2.75) is 142 Å². The summed E-state index contributed by atoms with van der Waals surface area (Å²) in [6, 6.07) is 0.842. The highest BCUT2D eigenvalue weighted by Crippen LogP contribution is 2.18. The van der Waals surface area contributed by atoms with E-state index in [4.69, 9.17) is 0 Å². The van der Waals surface area contributed by atoms with Gasteiger partial charge in [-0.15, -0.1) is 0 Å². The number of unbranched alkanes of at least 4 members (excludes halogenated alkanes) is 13. The normalized spacial score (nSPS) is 12.8. The molecule has 0 aliphatic heterocycles. The summed E-state index contributed by atoms with van der Waals surface area (Å²) < 4.78 is 0. The van der Waals surface area contributed by atoms with E-state index in [0.29, 0.717) is 0 Å². The first-order valence-electron chi connectivity index (χ1n) is 12.0. The second-order valence-corrected chi connectivity index (χ2v) is 8.31. The van der Waals surface area contributed by atoms with Crippen LogP contribution in [0.15, 0.2) is 0 Å². The standard InChI is InChI=1S/C24H51N/c1-5-8-10-11-12-13-14-15-16-17-18-20-22-24(21-19-9-6-2)25(4)23-7-3/h24H,5-23H2,1-4H3. The molecule has 0 bridgehead atoms. The Balaban J connectivity index is 3.53. The predicted octanol–water partition coefficient (Wildman–Crippen LogP) is 8.37. The number of nitrogens with zero attached hydrogens (tertiary/aromatic N) is 1. The van der Waals surface area contributed by atoms with E-state index in [-0.39, 0.29) is 0 Å². The average molecular weight is 354 g/mol. The summed E-state index contributed by atoms with van der Waals surface area (Å²) in [6.07, 6.45) is 25.8. The van der Waals surface area contributed by atoms with Crippen molar-refractivity contribution in [1.29, 1.82) is 0 Å². The summed E-state index contributed by atoms with van der Waals surface area (Å²) in [5.41, 5.74) is 0. The number of hydrogen-bond donors (Lipinski definition) is 0. The highest BCUT2D eigenvalue weighted by Gasteiger charge is 2.13. The van der Waals surface area contributed by atoms with E-state index in [1.807, 2.05) is 0 Å². The van der Waals surface area contributed by atoms with Crippen molar-refractivity contribution >= 4 is 0 Å². The quantitative estimate of drug-likeness (QED) is 0.199. The minimum absolute atomic E-state index is 0.842. The molecule has 0 aliphatic rings. The van der Waals surface area contributed by atoms with Gasteiger partial charge in [0.05, 0.1) is 0 Å². The summed E-state index contributed by atoms with van der Waals surface area (Å²) >= 11 is 0. The van der Waals surface area contributed by atoms with Crippen LogP contribution in [0.25, 0.3) is 0 Å². The zero-order valence-corrected chi connectivity index (χ0v) is 18.5.